The highest BCUT2D eigenvalue weighted by molar-refractivity contribution is 5.98. The zero-order valence-electron chi connectivity index (χ0n) is 23.9. The lowest BCUT2D eigenvalue weighted by molar-refractivity contribution is -0.188. The first kappa shape index (κ1) is 26.8. The van der Waals surface area contributed by atoms with Crippen molar-refractivity contribution in [2.24, 2.45) is 5.92 Å². The number of benzene rings is 3. The molecule has 40 heavy (non-hydrogen) atoms. The van der Waals surface area contributed by atoms with Gasteiger partial charge in [-0.1, -0.05) is 42.5 Å². The van der Waals surface area contributed by atoms with Crippen molar-refractivity contribution in [3.8, 4) is 5.75 Å². The number of hydrogen-bond donors (Lipinski definition) is 0. The molecular weight excluding hydrogens is 500 g/mol. The molecular formula is C34H40N2O4. The van der Waals surface area contributed by atoms with Gasteiger partial charge in [0, 0.05) is 44.1 Å². The van der Waals surface area contributed by atoms with Gasteiger partial charge in [-0.25, -0.2) is 0 Å². The maximum atomic E-state index is 13.8. The molecule has 6 heteroatoms. The zero-order valence-corrected chi connectivity index (χ0v) is 23.9. The minimum absolute atomic E-state index is 0.0174. The molecule has 3 aromatic carbocycles. The van der Waals surface area contributed by atoms with Crippen molar-refractivity contribution in [2.75, 3.05) is 33.8 Å². The average molecular weight is 541 g/mol. The van der Waals surface area contributed by atoms with Crippen LogP contribution in [-0.2, 0) is 14.9 Å². The number of hydrogen-bond acceptors (Lipinski definition) is 5. The van der Waals surface area contributed by atoms with Crippen LogP contribution in [0.2, 0.25) is 0 Å². The predicted molar refractivity (Wildman–Crippen MR) is 157 cm³/mol. The third-order valence-corrected chi connectivity index (χ3v) is 9.71. The highest BCUT2D eigenvalue weighted by atomic mass is 16.6. The van der Waals surface area contributed by atoms with Crippen molar-refractivity contribution in [1.82, 2.24) is 9.80 Å². The smallest absolute Gasteiger partial charge is 0.303 e. The van der Waals surface area contributed by atoms with Gasteiger partial charge < -0.3 is 14.4 Å². The second kappa shape index (κ2) is 10.5. The summed E-state index contributed by atoms with van der Waals surface area (Å²) < 4.78 is 12.1. The fraction of sp³-hybridized carbons (Fsp3) is 0.471. The molecule has 3 aromatic rings. The zero-order chi connectivity index (χ0) is 27.9. The summed E-state index contributed by atoms with van der Waals surface area (Å²) >= 11 is 0. The number of piperidine rings is 1. The molecule has 6 rings (SSSR count). The standard InChI is InChI=1S/C34H40N2O4/c1-24(37)40-34-16-15-30(35(2)32(38)28-14-13-26-7-4-5-8-27(26)19-28)21-33(34,29-9-6-10-31(20-29)39-3)17-18-36(23-34)22-25-11-12-25/h4-10,13-14,19-20,25,30H,11-12,15-18,21-23H2,1-3H3/t30-,33-,34-/m0/s1. The summed E-state index contributed by atoms with van der Waals surface area (Å²) in [7, 11) is 3.62. The average Bonchev–Trinajstić information content (AvgIpc) is 3.79. The molecule has 0 unspecified atom stereocenters. The molecule has 0 aromatic heterocycles. The van der Waals surface area contributed by atoms with Crippen LogP contribution in [0.15, 0.2) is 66.7 Å². The van der Waals surface area contributed by atoms with Gasteiger partial charge in [0.05, 0.1) is 7.11 Å². The summed E-state index contributed by atoms with van der Waals surface area (Å²) in [5, 5.41) is 2.19. The van der Waals surface area contributed by atoms with Gasteiger partial charge in [0.15, 0.2) is 0 Å². The molecule has 3 aliphatic rings. The first-order valence-electron chi connectivity index (χ1n) is 14.6. The van der Waals surface area contributed by atoms with Gasteiger partial charge in [0.25, 0.3) is 5.91 Å². The molecule has 210 valence electrons. The molecule has 1 saturated heterocycles. The van der Waals surface area contributed by atoms with E-state index in [1.54, 1.807) is 7.11 Å². The Hall–Kier alpha value is -3.38. The molecule has 3 atom stereocenters. The number of ether oxygens (including phenoxy) is 2. The number of esters is 1. The van der Waals surface area contributed by atoms with Crippen LogP contribution >= 0.6 is 0 Å². The van der Waals surface area contributed by atoms with Crippen LogP contribution in [0, 0.1) is 5.92 Å². The number of nitrogens with zero attached hydrogens (tertiary/aromatic N) is 2. The van der Waals surface area contributed by atoms with E-state index in [1.807, 2.05) is 60.5 Å². The molecule has 6 nitrogen and oxygen atoms in total. The van der Waals surface area contributed by atoms with Gasteiger partial charge in [-0.2, -0.15) is 0 Å². The lowest BCUT2D eigenvalue weighted by Gasteiger charge is -2.60. The second-order valence-electron chi connectivity index (χ2n) is 12.2. The van der Waals surface area contributed by atoms with E-state index in [2.05, 4.69) is 23.1 Å². The molecule has 0 spiro atoms. The maximum absolute atomic E-state index is 13.8. The van der Waals surface area contributed by atoms with Gasteiger partial charge in [0.2, 0.25) is 0 Å². The summed E-state index contributed by atoms with van der Waals surface area (Å²) in [6.07, 6.45) is 5.69. The lowest BCUT2D eigenvalue weighted by Crippen LogP contribution is -2.68. The Bertz CT molecular complexity index is 1420. The topological polar surface area (TPSA) is 59.1 Å². The molecule has 2 saturated carbocycles. The number of rotatable bonds is 7. The van der Waals surface area contributed by atoms with Crippen LogP contribution in [0.3, 0.4) is 0 Å². The fourth-order valence-electron chi connectivity index (χ4n) is 7.42. The van der Waals surface area contributed by atoms with Crippen LogP contribution in [0.1, 0.15) is 61.4 Å². The van der Waals surface area contributed by atoms with Crippen LogP contribution in [0.25, 0.3) is 10.8 Å². The van der Waals surface area contributed by atoms with Crippen molar-refractivity contribution in [1.29, 1.82) is 0 Å². The largest absolute Gasteiger partial charge is 0.497 e. The number of fused-ring (bicyclic) bond motifs is 2. The van der Waals surface area contributed by atoms with E-state index in [1.165, 1.54) is 19.8 Å². The Labute approximate surface area is 237 Å². The van der Waals surface area contributed by atoms with Gasteiger partial charge in [0.1, 0.15) is 11.4 Å². The Morgan fingerprint density at radius 1 is 0.975 bits per heavy atom. The predicted octanol–water partition coefficient (Wildman–Crippen LogP) is 5.83. The molecule has 0 radical (unpaired) electrons. The summed E-state index contributed by atoms with van der Waals surface area (Å²) in [4.78, 5) is 31.0. The molecule has 1 heterocycles. The minimum Gasteiger partial charge on any atom is -0.497 e. The van der Waals surface area contributed by atoms with Crippen molar-refractivity contribution in [2.45, 2.75) is 62.5 Å². The normalized spacial score (nSPS) is 26.6. The molecule has 1 aliphatic heterocycles. The summed E-state index contributed by atoms with van der Waals surface area (Å²) in [6.45, 7) is 4.29. The van der Waals surface area contributed by atoms with Crippen molar-refractivity contribution in [3.05, 3.63) is 77.9 Å². The highest BCUT2D eigenvalue weighted by Gasteiger charge is 2.61. The van der Waals surface area contributed by atoms with E-state index in [9.17, 15) is 9.59 Å². The van der Waals surface area contributed by atoms with E-state index >= 15 is 0 Å². The molecule has 0 N–H and O–H groups in total. The van der Waals surface area contributed by atoms with Gasteiger partial charge in [-0.15, -0.1) is 0 Å². The highest BCUT2D eigenvalue weighted by Crippen LogP contribution is 2.55. The van der Waals surface area contributed by atoms with Crippen LogP contribution in [0.5, 0.6) is 5.75 Å². The summed E-state index contributed by atoms with van der Waals surface area (Å²) in [6, 6.07) is 22.4. The number of amides is 1. The Morgan fingerprint density at radius 3 is 2.52 bits per heavy atom. The van der Waals surface area contributed by atoms with Gasteiger partial charge in [-0.05, 0) is 91.6 Å². The number of carbonyl (C=O) groups excluding carboxylic acids is 2. The minimum atomic E-state index is -0.651. The first-order chi connectivity index (χ1) is 19.3. The molecule has 2 aliphatic carbocycles. The van der Waals surface area contributed by atoms with Crippen molar-refractivity contribution in [3.63, 3.8) is 0 Å². The molecule has 3 fully saturated rings. The van der Waals surface area contributed by atoms with Gasteiger partial charge >= 0.3 is 5.97 Å². The van der Waals surface area contributed by atoms with E-state index < -0.39 is 11.0 Å². The SMILES string of the molecule is COc1cccc([C@@]23CCN(CC4CC4)C[C@@]2(OC(C)=O)CC[C@H](N(C)C(=O)c2ccc4ccccc4c2)C3)c1. The van der Waals surface area contributed by atoms with Crippen LogP contribution in [0.4, 0.5) is 0 Å². The van der Waals surface area contributed by atoms with E-state index in [0.29, 0.717) is 12.0 Å². The van der Waals surface area contributed by atoms with Crippen molar-refractivity contribution >= 4 is 22.6 Å². The second-order valence-corrected chi connectivity index (χ2v) is 12.2. The Kier molecular flexibility index (Phi) is 7.07. The molecule has 1 amide bonds. The Balaban J connectivity index is 1.36. The number of carbonyl (C=O) groups is 2. The summed E-state index contributed by atoms with van der Waals surface area (Å²) in [5.41, 5.74) is 0.763. The van der Waals surface area contributed by atoms with E-state index in [0.717, 1.165) is 66.9 Å². The van der Waals surface area contributed by atoms with Crippen molar-refractivity contribution < 1.29 is 19.1 Å². The third-order valence-electron chi connectivity index (χ3n) is 9.71. The van der Waals surface area contributed by atoms with Crippen LogP contribution < -0.4 is 4.74 Å². The van der Waals surface area contributed by atoms with E-state index in [-0.39, 0.29) is 17.9 Å². The lowest BCUT2D eigenvalue weighted by atomic mass is 9.55. The monoisotopic (exact) mass is 540 g/mol. The van der Waals surface area contributed by atoms with Gasteiger partial charge in [-0.3, -0.25) is 14.5 Å². The van der Waals surface area contributed by atoms with Crippen LogP contribution in [-0.4, -0.2) is 67.1 Å². The Morgan fingerprint density at radius 2 is 1.77 bits per heavy atom. The van der Waals surface area contributed by atoms with E-state index in [4.69, 9.17) is 9.47 Å². The number of likely N-dealkylation sites (tertiary alicyclic amines) is 1. The summed E-state index contributed by atoms with van der Waals surface area (Å²) in [5.74, 6) is 1.36. The third kappa shape index (κ3) is 4.87. The fourth-order valence-corrected chi connectivity index (χ4v) is 7.42. The molecule has 0 bridgehead atoms. The maximum Gasteiger partial charge on any atom is 0.303 e. The first-order valence-corrected chi connectivity index (χ1v) is 14.6. The quantitative estimate of drug-likeness (QED) is 0.353. The number of methoxy groups -OCH3 is 1.